The number of likely N-dealkylation sites (tertiary alicyclic amines) is 1. The molecule has 1 amide bonds. The van der Waals surface area contributed by atoms with E-state index in [4.69, 9.17) is 9.97 Å². The number of rotatable bonds is 3. The topological polar surface area (TPSA) is 72.2 Å². The molecule has 2 aromatic rings. The number of piperidine rings is 1. The molecule has 1 unspecified atom stereocenters. The van der Waals surface area contributed by atoms with E-state index in [0.717, 1.165) is 49.1 Å². The summed E-state index contributed by atoms with van der Waals surface area (Å²) in [4.78, 5) is 24.4. The van der Waals surface area contributed by atoms with Gasteiger partial charge in [0.25, 0.3) is 0 Å². The molecular formula is C25H28N4O2. The third-order valence-corrected chi connectivity index (χ3v) is 6.89. The van der Waals surface area contributed by atoms with Gasteiger partial charge >= 0.3 is 0 Å². The maximum Gasteiger partial charge on any atom is 0.226 e. The van der Waals surface area contributed by atoms with Crippen LogP contribution in [0.2, 0.25) is 0 Å². The highest BCUT2D eigenvalue weighted by Crippen LogP contribution is 2.41. The average Bonchev–Trinajstić information content (AvgIpc) is 3.11. The molecule has 0 aromatic carbocycles. The second kappa shape index (κ2) is 8.25. The van der Waals surface area contributed by atoms with Crippen molar-refractivity contribution in [3.8, 4) is 0 Å². The van der Waals surface area contributed by atoms with E-state index in [0.29, 0.717) is 18.9 Å². The summed E-state index contributed by atoms with van der Waals surface area (Å²) in [7, 11) is 0. The molecule has 0 radical (unpaired) electrons. The molecular weight excluding hydrogens is 388 g/mol. The van der Waals surface area contributed by atoms with Gasteiger partial charge in [-0.25, -0.2) is 4.74 Å². The molecule has 0 N–H and O–H groups in total. The summed E-state index contributed by atoms with van der Waals surface area (Å²) in [6.07, 6.45) is 11.4. The molecule has 4 heterocycles. The summed E-state index contributed by atoms with van der Waals surface area (Å²) in [6.45, 7) is 3.92. The summed E-state index contributed by atoms with van der Waals surface area (Å²) >= 11 is 0. The van der Waals surface area contributed by atoms with Gasteiger partial charge in [-0.1, -0.05) is 12.1 Å². The molecule has 2 aliphatic heterocycles. The number of nitrogens with zero attached hydrogens (tertiary/aromatic N) is 4. The van der Waals surface area contributed by atoms with E-state index >= 15 is 0 Å². The molecule has 1 atom stereocenters. The van der Waals surface area contributed by atoms with Crippen LogP contribution in [0.1, 0.15) is 53.3 Å². The van der Waals surface area contributed by atoms with Gasteiger partial charge < -0.3 is 10.1 Å². The minimum Gasteiger partial charge on any atom is -0.624 e. The van der Waals surface area contributed by atoms with E-state index in [2.05, 4.69) is 19.1 Å². The van der Waals surface area contributed by atoms with Gasteiger partial charge in [-0.05, 0) is 61.3 Å². The van der Waals surface area contributed by atoms with Crippen molar-refractivity contribution in [3.05, 3.63) is 75.5 Å². The number of allylic oxidation sites excluding steroid dienone is 1. The van der Waals surface area contributed by atoms with Gasteiger partial charge in [-0.2, -0.15) is 0 Å². The fourth-order valence-corrected chi connectivity index (χ4v) is 5.31. The minimum absolute atomic E-state index is 0.127. The van der Waals surface area contributed by atoms with Crippen LogP contribution in [0.3, 0.4) is 0 Å². The molecule has 0 saturated carbocycles. The largest absolute Gasteiger partial charge is 0.624 e. The number of hydroxylamine groups is 1. The van der Waals surface area contributed by atoms with Crippen LogP contribution in [0.15, 0.2) is 42.2 Å². The molecule has 2 aromatic heterocycles. The molecule has 5 rings (SSSR count). The van der Waals surface area contributed by atoms with Crippen molar-refractivity contribution in [1.82, 2.24) is 14.9 Å². The first-order chi connectivity index (χ1) is 15.1. The first-order valence-corrected chi connectivity index (χ1v) is 11.2. The lowest BCUT2D eigenvalue weighted by Crippen LogP contribution is -2.40. The summed E-state index contributed by atoms with van der Waals surface area (Å²) in [5.74, 6) is 0.732. The van der Waals surface area contributed by atoms with Gasteiger partial charge in [0.2, 0.25) is 5.91 Å². The van der Waals surface area contributed by atoms with Gasteiger partial charge in [0.1, 0.15) is 0 Å². The Morgan fingerprint density at radius 2 is 1.97 bits per heavy atom. The zero-order valence-corrected chi connectivity index (χ0v) is 18.0. The number of aryl methyl sites for hydroxylation is 3. The van der Waals surface area contributed by atoms with Crippen LogP contribution < -0.4 is 0 Å². The zero-order chi connectivity index (χ0) is 21.4. The zero-order valence-electron chi connectivity index (χ0n) is 18.0. The van der Waals surface area contributed by atoms with Crippen molar-refractivity contribution in [2.24, 2.45) is 5.92 Å². The van der Waals surface area contributed by atoms with Crippen molar-refractivity contribution in [3.63, 3.8) is 0 Å². The number of carbonyl (C=O) groups is 1. The second-order valence-corrected chi connectivity index (χ2v) is 9.03. The molecule has 31 heavy (non-hydrogen) atoms. The SMILES string of the molecule is Cc1cnc2c(c1)CCc1cccnc1C2C1CCN(C(=O)CC2=CC=[N+]([O-])C2)CC1. The lowest BCUT2D eigenvalue weighted by Gasteiger charge is -2.36. The van der Waals surface area contributed by atoms with Crippen molar-refractivity contribution in [1.29, 1.82) is 0 Å². The molecule has 3 aliphatic rings. The number of hydrogen-bond donors (Lipinski definition) is 0. The third-order valence-electron chi connectivity index (χ3n) is 6.89. The molecule has 0 spiro atoms. The van der Waals surface area contributed by atoms with Gasteiger partial charge in [0, 0.05) is 43.1 Å². The number of amides is 1. The van der Waals surface area contributed by atoms with E-state index < -0.39 is 0 Å². The lowest BCUT2D eigenvalue weighted by molar-refractivity contribution is -0.438. The summed E-state index contributed by atoms with van der Waals surface area (Å²) in [5.41, 5.74) is 7.12. The minimum atomic E-state index is 0.127. The predicted octanol–water partition coefficient (Wildman–Crippen LogP) is 3.17. The normalized spacial score (nSPS) is 21.1. The number of pyridine rings is 2. The van der Waals surface area contributed by atoms with Crippen molar-refractivity contribution in [2.45, 2.75) is 44.9 Å². The van der Waals surface area contributed by atoms with Crippen LogP contribution in [0.5, 0.6) is 0 Å². The van der Waals surface area contributed by atoms with Crippen LogP contribution in [0.4, 0.5) is 0 Å². The summed E-state index contributed by atoms with van der Waals surface area (Å²) in [6, 6.07) is 6.52. The Morgan fingerprint density at radius 3 is 2.74 bits per heavy atom. The van der Waals surface area contributed by atoms with Crippen LogP contribution >= 0.6 is 0 Å². The first-order valence-electron chi connectivity index (χ1n) is 11.2. The van der Waals surface area contributed by atoms with E-state index in [1.807, 2.05) is 23.4 Å². The van der Waals surface area contributed by atoms with Crippen LogP contribution in [-0.4, -0.2) is 51.4 Å². The third kappa shape index (κ3) is 3.99. The van der Waals surface area contributed by atoms with E-state index in [9.17, 15) is 10.0 Å². The standard InChI is InChI=1S/C25H28N4O2/c1-17-13-21-5-4-20-3-2-9-26-24(20)23(25(21)27-15-17)19-7-10-28(11-8-19)22(30)14-18-6-12-29(31)16-18/h2-3,6,9,12-13,15,19,23H,4-5,7-8,10-11,14,16H2,1H3. The van der Waals surface area contributed by atoms with Crippen LogP contribution in [0, 0.1) is 18.0 Å². The van der Waals surface area contributed by atoms with Crippen LogP contribution in [0.25, 0.3) is 0 Å². The van der Waals surface area contributed by atoms with Crippen molar-refractivity contribution >= 4 is 12.1 Å². The number of fused-ring (bicyclic) bond motifs is 2. The quantitative estimate of drug-likeness (QED) is 0.569. The fraction of sp³-hybridized carbons (Fsp3) is 0.440. The molecule has 1 saturated heterocycles. The van der Waals surface area contributed by atoms with Gasteiger partial charge in [-0.3, -0.25) is 14.8 Å². The second-order valence-electron chi connectivity index (χ2n) is 9.03. The van der Waals surface area contributed by atoms with Gasteiger partial charge in [-0.15, -0.1) is 0 Å². The maximum atomic E-state index is 12.8. The van der Waals surface area contributed by atoms with E-state index in [1.165, 1.54) is 34.3 Å². The monoisotopic (exact) mass is 416 g/mol. The van der Waals surface area contributed by atoms with Gasteiger partial charge in [0.05, 0.1) is 17.8 Å². The highest BCUT2D eigenvalue weighted by atomic mass is 16.5. The molecule has 0 bridgehead atoms. The summed E-state index contributed by atoms with van der Waals surface area (Å²) in [5, 5.41) is 11.4. The number of carbonyl (C=O) groups excluding carboxylic acids is 1. The Hall–Kier alpha value is -3.02. The maximum absolute atomic E-state index is 12.8. The Labute approximate surface area is 182 Å². The molecule has 1 aliphatic carbocycles. The Kier molecular flexibility index (Phi) is 5.30. The molecule has 6 nitrogen and oxygen atoms in total. The Balaban J connectivity index is 1.35. The predicted molar refractivity (Wildman–Crippen MR) is 119 cm³/mol. The van der Waals surface area contributed by atoms with Crippen molar-refractivity contribution in [2.75, 3.05) is 19.6 Å². The Morgan fingerprint density at radius 1 is 1.19 bits per heavy atom. The molecule has 6 heteroatoms. The van der Waals surface area contributed by atoms with Crippen molar-refractivity contribution < 1.29 is 9.53 Å². The van der Waals surface area contributed by atoms with E-state index in [-0.39, 0.29) is 11.8 Å². The summed E-state index contributed by atoms with van der Waals surface area (Å²) < 4.78 is 0.873. The molecule has 160 valence electrons. The van der Waals surface area contributed by atoms with Crippen LogP contribution in [-0.2, 0) is 17.6 Å². The highest BCUT2D eigenvalue weighted by molar-refractivity contribution is 5.81. The first kappa shape index (κ1) is 19.9. The molecule has 1 fully saturated rings. The van der Waals surface area contributed by atoms with E-state index in [1.54, 1.807) is 6.08 Å². The number of aromatic nitrogens is 2. The lowest BCUT2D eigenvalue weighted by atomic mass is 9.78. The smallest absolute Gasteiger partial charge is 0.226 e. The average molecular weight is 417 g/mol. The Bertz CT molecular complexity index is 1070. The fourth-order valence-electron chi connectivity index (χ4n) is 5.31. The van der Waals surface area contributed by atoms with Gasteiger partial charge in [0.15, 0.2) is 12.8 Å². The number of hydrogen-bond acceptors (Lipinski definition) is 4. The highest BCUT2D eigenvalue weighted by Gasteiger charge is 2.35.